The summed E-state index contributed by atoms with van der Waals surface area (Å²) in [6, 6.07) is 6.52. The van der Waals surface area contributed by atoms with Gasteiger partial charge in [-0.3, -0.25) is 0 Å². The van der Waals surface area contributed by atoms with Crippen LogP contribution in [0.1, 0.15) is 38.2 Å². The smallest absolute Gasteiger partial charge is 0.133 e. The molecule has 0 spiro atoms. The highest BCUT2D eigenvalue weighted by Crippen LogP contribution is 2.38. The first-order chi connectivity index (χ1) is 10.2. The normalized spacial score (nSPS) is 25.8. The van der Waals surface area contributed by atoms with Crippen molar-refractivity contribution in [1.29, 1.82) is 0 Å². The van der Waals surface area contributed by atoms with Crippen molar-refractivity contribution >= 4 is 15.9 Å². The second kappa shape index (κ2) is 8.19. The first kappa shape index (κ1) is 16.8. The minimum Gasteiger partial charge on any atom is -0.496 e. The molecule has 1 aliphatic carbocycles. The Hall–Kier alpha value is -0.540. The summed E-state index contributed by atoms with van der Waals surface area (Å²) in [5.41, 5.74) is 1.42. The van der Waals surface area contributed by atoms with Crippen LogP contribution < -0.4 is 10.1 Å². The minimum absolute atomic E-state index is 0.802. The van der Waals surface area contributed by atoms with E-state index in [-0.39, 0.29) is 0 Å². The van der Waals surface area contributed by atoms with Gasteiger partial charge in [0.15, 0.2) is 0 Å². The maximum atomic E-state index is 5.33. The Balaban J connectivity index is 2.07. The largest absolute Gasteiger partial charge is 0.496 e. The molecule has 1 aliphatic rings. The van der Waals surface area contributed by atoms with Gasteiger partial charge in [-0.2, -0.15) is 0 Å². The van der Waals surface area contributed by atoms with Gasteiger partial charge in [-0.25, -0.2) is 0 Å². The van der Waals surface area contributed by atoms with E-state index >= 15 is 0 Å². The van der Waals surface area contributed by atoms with Crippen molar-refractivity contribution < 1.29 is 4.74 Å². The van der Waals surface area contributed by atoms with E-state index in [1.807, 2.05) is 0 Å². The molecule has 0 aliphatic heterocycles. The van der Waals surface area contributed by atoms with Gasteiger partial charge in [0.2, 0.25) is 0 Å². The van der Waals surface area contributed by atoms with Gasteiger partial charge < -0.3 is 10.1 Å². The van der Waals surface area contributed by atoms with Crippen molar-refractivity contribution in [3.63, 3.8) is 0 Å². The maximum absolute atomic E-state index is 5.33. The fraction of sp³-hybridized carbons (Fsp3) is 0.667. The predicted octanol–water partition coefficient (Wildman–Crippen LogP) is 4.66. The lowest BCUT2D eigenvalue weighted by molar-refractivity contribution is 0.173. The number of hydrogen-bond acceptors (Lipinski definition) is 2. The molecule has 3 atom stereocenters. The van der Waals surface area contributed by atoms with Gasteiger partial charge in [-0.1, -0.05) is 25.8 Å². The summed E-state index contributed by atoms with van der Waals surface area (Å²) in [7, 11) is 3.79. The zero-order valence-electron chi connectivity index (χ0n) is 13.5. The summed E-state index contributed by atoms with van der Waals surface area (Å²) < 4.78 is 6.39. The number of benzene rings is 1. The van der Waals surface area contributed by atoms with E-state index in [1.54, 1.807) is 7.11 Å². The van der Waals surface area contributed by atoms with Crippen molar-refractivity contribution in [1.82, 2.24) is 5.32 Å². The van der Waals surface area contributed by atoms with E-state index in [1.165, 1.54) is 37.7 Å². The Morgan fingerprint density at radius 3 is 2.71 bits per heavy atom. The lowest BCUT2D eigenvalue weighted by Crippen LogP contribution is -2.33. The Kier molecular flexibility index (Phi) is 6.56. The quantitative estimate of drug-likeness (QED) is 0.802. The van der Waals surface area contributed by atoms with Crippen molar-refractivity contribution in [3.8, 4) is 5.75 Å². The molecular weight excluding hydrogens is 326 g/mol. The van der Waals surface area contributed by atoms with Gasteiger partial charge in [0, 0.05) is 0 Å². The number of methoxy groups -OCH3 is 1. The van der Waals surface area contributed by atoms with E-state index in [4.69, 9.17) is 4.74 Å². The molecule has 21 heavy (non-hydrogen) atoms. The fourth-order valence-electron chi connectivity index (χ4n) is 3.72. The maximum Gasteiger partial charge on any atom is 0.133 e. The molecule has 0 bridgehead atoms. The zero-order chi connectivity index (χ0) is 15.2. The average Bonchev–Trinajstić information content (AvgIpc) is 2.49. The number of hydrogen-bond donors (Lipinski definition) is 1. The lowest BCUT2D eigenvalue weighted by Gasteiger charge is -2.36. The van der Waals surface area contributed by atoms with Crippen LogP contribution in [0.4, 0.5) is 0 Å². The van der Waals surface area contributed by atoms with Crippen LogP contribution in [-0.2, 0) is 6.42 Å². The van der Waals surface area contributed by atoms with E-state index in [9.17, 15) is 0 Å². The molecule has 3 heteroatoms. The van der Waals surface area contributed by atoms with Crippen LogP contribution in [0.2, 0.25) is 0 Å². The van der Waals surface area contributed by atoms with E-state index in [0.717, 1.165) is 34.5 Å². The van der Waals surface area contributed by atoms with E-state index in [2.05, 4.69) is 53.4 Å². The molecular formula is C18H28BrNO. The first-order valence-corrected chi connectivity index (χ1v) is 8.94. The molecule has 0 saturated heterocycles. The summed E-state index contributed by atoms with van der Waals surface area (Å²) in [5.74, 6) is 3.46. The van der Waals surface area contributed by atoms with Gasteiger partial charge in [0.05, 0.1) is 11.6 Å². The van der Waals surface area contributed by atoms with E-state index in [0.29, 0.717) is 0 Å². The third kappa shape index (κ3) is 4.46. The van der Waals surface area contributed by atoms with Gasteiger partial charge in [-0.05, 0) is 84.2 Å². The molecule has 2 rings (SSSR count). The third-order valence-electron chi connectivity index (χ3n) is 5.01. The van der Waals surface area contributed by atoms with Crippen molar-refractivity contribution in [2.75, 3.05) is 20.7 Å². The van der Waals surface area contributed by atoms with Crippen LogP contribution in [0.3, 0.4) is 0 Å². The van der Waals surface area contributed by atoms with Crippen molar-refractivity contribution in [2.24, 2.45) is 17.8 Å². The molecule has 1 fully saturated rings. The summed E-state index contributed by atoms with van der Waals surface area (Å²) in [6.07, 6.45) is 6.68. The minimum atomic E-state index is 0.802. The summed E-state index contributed by atoms with van der Waals surface area (Å²) >= 11 is 3.61. The van der Waals surface area contributed by atoms with Crippen molar-refractivity contribution in [2.45, 2.75) is 39.0 Å². The third-order valence-corrected chi connectivity index (χ3v) is 5.63. The topological polar surface area (TPSA) is 21.3 Å². The first-order valence-electron chi connectivity index (χ1n) is 8.14. The van der Waals surface area contributed by atoms with Crippen LogP contribution in [0.25, 0.3) is 0 Å². The monoisotopic (exact) mass is 353 g/mol. The molecule has 1 saturated carbocycles. The standard InChI is InChI=1S/C18H28BrNO/c1-4-13-5-7-15(12-20-2)16(9-13)10-14-6-8-18(21-3)17(19)11-14/h6,8,11,13,15-16,20H,4-5,7,9-10,12H2,1-3H3. The summed E-state index contributed by atoms with van der Waals surface area (Å²) in [6.45, 7) is 3.49. The molecule has 0 aromatic heterocycles. The molecule has 0 heterocycles. The summed E-state index contributed by atoms with van der Waals surface area (Å²) in [5, 5.41) is 3.39. The Morgan fingerprint density at radius 1 is 1.29 bits per heavy atom. The molecule has 0 amide bonds. The fourth-order valence-corrected chi connectivity index (χ4v) is 4.30. The van der Waals surface area contributed by atoms with Crippen LogP contribution in [0.15, 0.2) is 22.7 Å². The van der Waals surface area contributed by atoms with Gasteiger partial charge in [0.25, 0.3) is 0 Å². The second-order valence-corrected chi connectivity index (χ2v) is 7.19. The van der Waals surface area contributed by atoms with Crippen LogP contribution in [0, 0.1) is 17.8 Å². The second-order valence-electron chi connectivity index (χ2n) is 6.34. The van der Waals surface area contributed by atoms with E-state index < -0.39 is 0 Å². The predicted molar refractivity (Wildman–Crippen MR) is 92.9 cm³/mol. The molecule has 3 unspecified atom stereocenters. The molecule has 1 aromatic rings. The lowest BCUT2D eigenvalue weighted by atomic mass is 9.71. The van der Waals surface area contributed by atoms with Gasteiger partial charge in [0.1, 0.15) is 5.75 Å². The summed E-state index contributed by atoms with van der Waals surface area (Å²) in [4.78, 5) is 0. The van der Waals surface area contributed by atoms with Gasteiger partial charge in [-0.15, -0.1) is 0 Å². The Bertz CT molecular complexity index is 449. The van der Waals surface area contributed by atoms with Crippen LogP contribution in [0.5, 0.6) is 5.75 Å². The number of rotatable bonds is 6. The Labute approximate surface area is 137 Å². The van der Waals surface area contributed by atoms with Gasteiger partial charge >= 0.3 is 0 Å². The average molecular weight is 354 g/mol. The number of ether oxygens (including phenoxy) is 1. The highest BCUT2D eigenvalue weighted by molar-refractivity contribution is 9.10. The molecule has 118 valence electrons. The molecule has 0 radical (unpaired) electrons. The molecule has 1 N–H and O–H groups in total. The molecule has 1 aromatic carbocycles. The van der Waals surface area contributed by atoms with Crippen LogP contribution in [-0.4, -0.2) is 20.7 Å². The highest BCUT2D eigenvalue weighted by atomic mass is 79.9. The SMILES string of the molecule is CCC1CCC(CNC)C(Cc2ccc(OC)c(Br)c2)C1. The molecule has 2 nitrogen and oxygen atoms in total. The van der Waals surface area contributed by atoms with Crippen LogP contribution >= 0.6 is 15.9 Å². The number of nitrogens with one attached hydrogen (secondary N) is 1. The Morgan fingerprint density at radius 2 is 2.10 bits per heavy atom. The number of halogens is 1. The zero-order valence-corrected chi connectivity index (χ0v) is 15.1. The van der Waals surface area contributed by atoms with Crippen molar-refractivity contribution in [3.05, 3.63) is 28.2 Å². The highest BCUT2D eigenvalue weighted by Gasteiger charge is 2.29.